The molecule has 4 aromatic rings. The summed E-state index contributed by atoms with van der Waals surface area (Å²) >= 11 is 5.36. The van der Waals surface area contributed by atoms with Crippen molar-refractivity contribution in [3.8, 4) is 28.4 Å². The summed E-state index contributed by atoms with van der Waals surface area (Å²) in [5.74, 6) is 1.45. The molecule has 1 aliphatic heterocycles. The molecule has 8 heteroatoms. The predicted octanol–water partition coefficient (Wildman–Crippen LogP) is 4.31. The van der Waals surface area contributed by atoms with E-state index in [1.807, 2.05) is 89.7 Å². The smallest absolute Gasteiger partial charge is 0.187 e. The molecular formula is C26H23N5O2S. The van der Waals surface area contributed by atoms with Gasteiger partial charge in [0, 0.05) is 23.9 Å². The van der Waals surface area contributed by atoms with Gasteiger partial charge in [0.25, 0.3) is 0 Å². The van der Waals surface area contributed by atoms with Crippen molar-refractivity contribution in [2.75, 3.05) is 13.2 Å². The van der Waals surface area contributed by atoms with E-state index in [2.05, 4.69) is 15.8 Å². The molecule has 0 bridgehead atoms. The number of nitrogens with one attached hydrogen (secondary N) is 2. The number of rotatable bonds is 6. The Hall–Kier alpha value is -4.17. The predicted molar refractivity (Wildman–Crippen MR) is 137 cm³/mol. The van der Waals surface area contributed by atoms with Crippen molar-refractivity contribution >= 4 is 23.5 Å². The lowest BCUT2D eigenvalue weighted by Gasteiger charge is -2.18. The van der Waals surface area contributed by atoms with Crippen molar-refractivity contribution < 1.29 is 9.47 Å². The average molecular weight is 470 g/mol. The van der Waals surface area contributed by atoms with E-state index in [1.54, 1.807) is 6.21 Å². The molecule has 0 aliphatic carbocycles. The Morgan fingerprint density at radius 1 is 0.971 bits per heavy atom. The molecule has 5 rings (SSSR count). The lowest BCUT2D eigenvalue weighted by Crippen LogP contribution is -2.31. The molecule has 1 aliphatic rings. The Balaban J connectivity index is 1.37. The van der Waals surface area contributed by atoms with Gasteiger partial charge in [0.15, 0.2) is 16.6 Å². The van der Waals surface area contributed by atoms with Crippen LogP contribution in [0.1, 0.15) is 11.1 Å². The Bertz CT molecular complexity index is 1310. The van der Waals surface area contributed by atoms with Crippen LogP contribution in [0, 0.1) is 0 Å². The summed E-state index contributed by atoms with van der Waals surface area (Å²) in [6.45, 7) is 1.70. The molecule has 0 radical (unpaired) electrons. The molecule has 170 valence electrons. The van der Waals surface area contributed by atoms with Gasteiger partial charge < -0.3 is 14.8 Å². The van der Waals surface area contributed by atoms with E-state index >= 15 is 0 Å². The highest BCUT2D eigenvalue weighted by Gasteiger charge is 2.16. The van der Waals surface area contributed by atoms with E-state index in [0.29, 0.717) is 30.6 Å². The fourth-order valence-corrected chi connectivity index (χ4v) is 3.71. The number of nitrogens with zero attached hydrogens (tertiary/aromatic N) is 3. The standard InChI is InChI=1S/C26H23N5O2S/c34-26(27-16-19-7-3-1-4-8-19)29-28-17-21-18-31(22-9-5-2-6-10-22)30-25(21)20-11-12-23-24(15-20)33-14-13-32-23/h1-12,15,17-18H,13-14,16H2,(H2,27,29,34). The minimum absolute atomic E-state index is 0.441. The van der Waals surface area contributed by atoms with Gasteiger partial charge in [-0.15, -0.1) is 0 Å². The van der Waals surface area contributed by atoms with E-state index in [0.717, 1.165) is 33.8 Å². The SMILES string of the molecule is S=C(NCc1ccccc1)NN=Cc1cn(-c2ccccc2)nc1-c1ccc2c(c1)OCCO2. The van der Waals surface area contributed by atoms with Crippen LogP contribution in [0.2, 0.25) is 0 Å². The molecule has 0 atom stereocenters. The number of thiocarbonyl (C=S) groups is 1. The van der Waals surface area contributed by atoms with Crippen molar-refractivity contribution in [2.24, 2.45) is 5.10 Å². The average Bonchev–Trinajstić information content (AvgIpc) is 3.32. The van der Waals surface area contributed by atoms with Gasteiger partial charge in [-0.25, -0.2) is 4.68 Å². The van der Waals surface area contributed by atoms with Gasteiger partial charge in [-0.3, -0.25) is 5.43 Å². The summed E-state index contributed by atoms with van der Waals surface area (Å²) < 4.78 is 13.3. The topological polar surface area (TPSA) is 72.7 Å². The first-order valence-electron chi connectivity index (χ1n) is 10.9. The summed E-state index contributed by atoms with van der Waals surface area (Å²) in [6.07, 6.45) is 3.65. The van der Waals surface area contributed by atoms with E-state index in [-0.39, 0.29) is 0 Å². The van der Waals surface area contributed by atoms with Gasteiger partial charge in [0.2, 0.25) is 0 Å². The lowest BCUT2D eigenvalue weighted by molar-refractivity contribution is 0.171. The van der Waals surface area contributed by atoms with Gasteiger partial charge >= 0.3 is 0 Å². The third kappa shape index (κ3) is 5.07. The summed E-state index contributed by atoms with van der Waals surface area (Å²) in [5, 5.41) is 12.8. The molecule has 7 nitrogen and oxygen atoms in total. The van der Waals surface area contributed by atoms with Crippen LogP contribution in [0.4, 0.5) is 0 Å². The van der Waals surface area contributed by atoms with Crippen LogP contribution in [0.25, 0.3) is 16.9 Å². The molecule has 0 fully saturated rings. The van der Waals surface area contributed by atoms with Crippen LogP contribution >= 0.6 is 12.2 Å². The Kier molecular flexibility index (Phi) is 6.49. The number of fused-ring (bicyclic) bond motifs is 1. The van der Waals surface area contributed by atoms with Crippen LogP contribution < -0.4 is 20.2 Å². The molecule has 1 aromatic heterocycles. The van der Waals surface area contributed by atoms with Crippen LogP contribution in [0.15, 0.2) is 90.2 Å². The Labute approximate surface area is 203 Å². The number of ether oxygens (including phenoxy) is 2. The zero-order valence-electron chi connectivity index (χ0n) is 18.3. The van der Waals surface area contributed by atoms with E-state index < -0.39 is 0 Å². The molecule has 0 unspecified atom stereocenters. The first-order valence-corrected chi connectivity index (χ1v) is 11.3. The second-order valence-corrected chi connectivity index (χ2v) is 8.02. The zero-order chi connectivity index (χ0) is 23.2. The van der Waals surface area contributed by atoms with Crippen molar-refractivity contribution in [1.29, 1.82) is 0 Å². The van der Waals surface area contributed by atoms with Crippen molar-refractivity contribution in [3.05, 3.63) is 96.2 Å². The number of para-hydroxylation sites is 1. The van der Waals surface area contributed by atoms with Crippen molar-refractivity contribution in [1.82, 2.24) is 20.5 Å². The Morgan fingerprint density at radius 2 is 1.71 bits per heavy atom. The first kappa shape index (κ1) is 21.7. The molecule has 3 aromatic carbocycles. The van der Waals surface area contributed by atoms with Gasteiger partial charge in [-0.05, 0) is 48.1 Å². The highest BCUT2D eigenvalue weighted by molar-refractivity contribution is 7.80. The van der Waals surface area contributed by atoms with Gasteiger partial charge in [-0.2, -0.15) is 10.2 Å². The molecule has 0 saturated heterocycles. The van der Waals surface area contributed by atoms with Crippen molar-refractivity contribution in [3.63, 3.8) is 0 Å². The number of aromatic nitrogens is 2. The van der Waals surface area contributed by atoms with Crippen molar-refractivity contribution in [2.45, 2.75) is 6.54 Å². The fourth-order valence-electron chi connectivity index (χ4n) is 3.59. The minimum atomic E-state index is 0.441. The van der Waals surface area contributed by atoms with E-state index in [4.69, 9.17) is 26.8 Å². The summed E-state index contributed by atoms with van der Waals surface area (Å²) in [6, 6.07) is 25.8. The van der Waals surface area contributed by atoms with E-state index in [1.165, 1.54) is 0 Å². The van der Waals surface area contributed by atoms with E-state index in [9.17, 15) is 0 Å². The molecule has 2 N–H and O–H groups in total. The maximum absolute atomic E-state index is 5.76. The van der Waals surface area contributed by atoms with Crippen LogP contribution in [-0.4, -0.2) is 34.3 Å². The molecular weight excluding hydrogens is 446 g/mol. The van der Waals surface area contributed by atoms with Gasteiger partial charge in [-0.1, -0.05) is 48.5 Å². The molecule has 0 saturated carbocycles. The number of hydrogen-bond donors (Lipinski definition) is 2. The molecule has 34 heavy (non-hydrogen) atoms. The molecule has 0 spiro atoms. The van der Waals surface area contributed by atoms with Crippen LogP contribution in [0.3, 0.4) is 0 Å². The fraction of sp³-hybridized carbons (Fsp3) is 0.115. The summed E-state index contributed by atoms with van der Waals surface area (Å²) in [4.78, 5) is 0. The minimum Gasteiger partial charge on any atom is -0.486 e. The second kappa shape index (κ2) is 10.2. The quantitative estimate of drug-likeness (QED) is 0.249. The largest absolute Gasteiger partial charge is 0.486 e. The zero-order valence-corrected chi connectivity index (χ0v) is 19.2. The maximum Gasteiger partial charge on any atom is 0.187 e. The number of hydrazone groups is 1. The molecule has 0 amide bonds. The third-order valence-electron chi connectivity index (χ3n) is 5.24. The Morgan fingerprint density at radius 3 is 2.50 bits per heavy atom. The van der Waals surface area contributed by atoms with Crippen LogP contribution in [-0.2, 0) is 6.54 Å². The lowest BCUT2D eigenvalue weighted by atomic mass is 10.1. The summed E-state index contributed by atoms with van der Waals surface area (Å²) in [7, 11) is 0. The second-order valence-electron chi connectivity index (χ2n) is 7.61. The third-order valence-corrected chi connectivity index (χ3v) is 5.48. The summed E-state index contributed by atoms with van der Waals surface area (Å²) in [5.41, 5.74) is 7.49. The number of benzene rings is 3. The normalized spacial score (nSPS) is 12.5. The van der Waals surface area contributed by atoms with Gasteiger partial charge in [0.1, 0.15) is 18.9 Å². The first-order chi connectivity index (χ1) is 16.8. The highest BCUT2D eigenvalue weighted by atomic mass is 32.1. The van der Waals surface area contributed by atoms with Crippen LogP contribution in [0.5, 0.6) is 11.5 Å². The number of hydrogen-bond acceptors (Lipinski definition) is 5. The highest BCUT2D eigenvalue weighted by Crippen LogP contribution is 2.35. The molecule has 2 heterocycles. The van der Waals surface area contributed by atoms with Gasteiger partial charge in [0.05, 0.1) is 11.9 Å². The monoisotopic (exact) mass is 469 g/mol. The maximum atomic E-state index is 5.76.